The molecule has 0 fully saturated rings. The maximum Gasteiger partial charge on any atom is 0.0346 e. The van der Waals surface area contributed by atoms with E-state index in [0.717, 1.165) is 23.1 Å². The Balaban J connectivity index is 3.13. The van der Waals surface area contributed by atoms with Crippen LogP contribution in [0.4, 0.5) is 0 Å². The highest BCUT2D eigenvalue weighted by molar-refractivity contribution is 5.71. The Hall–Kier alpha value is -1.37. The number of nitrogens with zero attached hydrogens (tertiary/aromatic N) is 1. The van der Waals surface area contributed by atoms with Crippen LogP contribution in [0, 0.1) is 0 Å². The highest BCUT2D eigenvalue weighted by Crippen LogP contribution is 2.19. The van der Waals surface area contributed by atoms with Gasteiger partial charge in [0.2, 0.25) is 0 Å². The van der Waals surface area contributed by atoms with Gasteiger partial charge in [0.25, 0.3) is 0 Å². The minimum atomic E-state index is 0.963. The van der Waals surface area contributed by atoms with Gasteiger partial charge in [0.15, 0.2) is 0 Å². The van der Waals surface area contributed by atoms with Gasteiger partial charge in [-0.25, -0.2) is 0 Å². The first kappa shape index (κ1) is 8.72. The lowest BCUT2D eigenvalue weighted by atomic mass is 10.0. The van der Waals surface area contributed by atoms with E-state index in [0.29, 0.717) is 0 Å². The molecule has 0 N–H and O–H groups in total. The zero-order valence-corrected chi connectivity index (χ0v) is 7.38. The fourth-order valence-corrected chi connectivity index (χ4v) is 1.08. The Kier molecular flexibility index (Phi) is 2.81. The normalized spacial score (nSPS) is 9.42. The van der Waals surface area contributed by atoms with Crippen LogP contribution in [-0.4, -0.2) is 4.98 Å². The summed E-state index contributed by atoms with van der Waals surface area (Å²) in [5.74, 6) is 0. The van der Waals surface area contributed by atoms with Crippen molar-refractivity contribution in [3.63, 3.8) is 0 Å². The van der Waals surface area contributed by atoms with Crippen molar-refractivity contribution >= 4 is 11.6 Å². The molecule has 1 heterocycles. The van der Waals surface area contributed by atoms with E-state index in [2.05, 4.69) is 25.1 Å². The molecule has 0 radical (unpaired) electrons. The summed E-state index contributed by atoms with van der Waals surface area (Å²) in [7, 11) is 0. The van der Waals surface area contributed by atoms with Gasteiger partial charge in [-0.3, -0.25) is 4.98 Å². The monoisotopic (exact) mass is 159 g/mol. The molecule has 1 nitrogen and oxygen atoms in total. The summed E-state index contributed by atoms with van der Waals surface area (Å²) in [5.41, 5.74) is 3.35. The average Bonchev–Trinajstić information content (AvgIpc) is 2.16. The zero-order valence-electron chi connectivity index (χ0n) is 7.38. The summed E-state index contributed by atoms with van der Waals surface area (Å²) in [5, 5.41) is 0. The number of hydrogen-bond acceptors (Lipinski definition) is 1. The van der Waals surface area contributed by atoms with Crippen molar-refractivity contribution in [3.05, 3.63) is 42.7 Å². The van der Waals surface area contributed by atoms with E-state index in [9.17, 15) is 0 Å². The van der Waals surface area contributed by atoms with Gasteiger partial charge in [-0.05, 0) is 29.2 Å². The van der Waals surface area contributed by atoms with Gasteiger partial charge >= 0.3 is 0 Å². The van der Waals surface area contributed by atoms with Gasteiger partial charge in [-0.1, -0.05) is 26.2 Å². The molecule has 1 aromatic heterocycles. The van der Waals surface area contributed by atoms with Crippen LogP contribution in [0.3, 0.4) is 0 Å². The lowest BCUT2D eigenvalue weighted by molar-refractivity contribution is 1.22. The summed E-state index contributed by atoms with van der Waals surface area (Å²) >= 11 is 0. The summed E-state index contributed by atoms with van der Waals surface area (Å²) in [6, 6.07) is 1.98. The number of hydrogen-bond donors (Lipinski definition) is 0. The predicted molar refractivity (Wildman–Crippen MR) is 53.7 cm³/mol. The third-order valence-corrected chi connectivity index (χ3v) is 1.88. The summed E-state index contributed by atoms with van der Waals surface area (Å²) in [6.45, 7) is 9.80. The van der Waals surface area contributed by atoms with Gasteiger partial charge in [-0.2, -0.15) is 0 Å². The number of aromatic nitrogens is 1. The molecule has 0 aliphatic rings. The number of rotatable bonds is 3. The molecule has 62 valence electrons. The summed E-state index contributed by atoms with van der Waals surface area (Å²) in [6.07, 6.45) is 6.36. The molecule has 0 aliphatic heterocycles. The molecule has 0 atom stereocenters. The molecule has 0 unspecified atom stereocenters. The highest BCUT2D eigenvalue weighted by atomic mass is 14.6. The van der Waals surface area contributed by atoms with Crippen LogP contribution in [0.15, 0.2) is 31.6 Å². The smallest absolute Gasteiger partial charge is 0.0346 e. The fraction of sp³-hybridized carbons (Fsp3) is 0.182. The van der Waals surface area contributed by atoms with E-state index >= 15 is 0 Å². The van der Waals surface area contributed by atoms with E-state index in [1.165, 1.54) is 0 Å². The quantitative estimate of drug-likeness (QED) is 0.660. The molecule has 0 saturated carbocycles. The lowest BCUT2D eigenvalue weighted by Gasteiger charge is -2.05. The minimum Gasteiger partial charge on any atom is -0.264 e. The van der Waals surface area contributed by atoms with Crippen LogP contribution in [-0.2, 0) is 0 Å². The molecule has 0 spiro atoms. The summed E-state index contributed by atoms with van der Waals surface area (Å²) in [4.78, 5) is 4.02. The maximum atomic E-state index is 4.02. The Bertz CT molecular complexity index is 300. The van der Waals surface area contributed by atoms with Crippen molar-refractivity contribution in [3.8, 4) is 0 Å². The van der Waals surface area contributed by atoms with Gasteiger partial charge in [0, 0.05) is 12.4 Å². The number of pyridine rings is 1. The minimum absolute atomic E-state index is 0.963. The molecular formula is C11H13N. The van der Waals surface area contributed by atoms with Crippen molar-refractivity contribution in [2.24, 2.45) is 0 Å². The zero-order chi connectivity index (χ0) is 8.97. The Labute approximate surface area is 73.5 Å². The van der Waals surface area contributed by atoms with Crippen LogP contribution < -0.4 is 0 Å². The highest BCUT2D eigenvalue weighted by Gasteiger charge is 2.00. The van der Waals surface area contributed by atoms with Gasteiger partial charge in [0.1, 0.15) is 0 Å². The van der Waals surface area contributed by atoms with Gasteiger partial charge < -0.3 is 0 Å². The van der Waals surface area contributed by atoms with Crippen molar-refractivity contribution in [1.29, 1.82) is 0 Å². The molecule has 0 bridgehead atoms. The molecule has 0 aliphatic carbocycles. The standard InChI is InChI=1S/C11H13N/c1-4-9(3)11-6-7-12-8-10(11)5-2/h5-8H,2-4H2,1H3. The van der Waals surface area contributed by atoms with Crippen LogP contribution in [0.1, 0.15) is 24.5 Å². The SMILES string of the molecule is C=Cc1cnccc1C(=C)CC. The van der Waals surface area contributed by atoms with E-state index in [4.69, 9.17) is 0 Å². The molecular weight excluding hydrogens is 146 g/mol. The van der Waals surface area contributed by atoms with Crippen LogP contribution in [0.2, 0.25) is 0 Å². The Morgan fingerprint density at radius 1 is 1.67 bits per heavy atom. The van der Waals surface area contributed by atoms with Crippen molar-refractivity contribution in [1.82, 2.24) is 4.98 Å². The topological polar surface area (TPSA) is 12.9 Å². The third kappa shape index (κ3) is 1.62. The first-order valence-corrected chi connectivity index (χ1v) is 4.04. The molecule has 12 heavy (non-hydrogen) atoms. The van der Waals surface area contributed by atoms with E-state index in [-0.39, 0.29) is 0 Å². The second kappa shape index (κ2) is 3.86. The Morgan fingerprint density at radius 2 is 2.42 bits per heavy atom. The van der Waals surface area contributed by atoms with Gasteiger partial charge in [0.05, 0.1) is 0 Å². The molecule has 1 rings (SSSR count). The van der Waals surface area contributed by atoms with E-state index in [1.54, 1.807) is 6.20 Å². The first-order valence-electron chi connectivity index (χ1n) is 4.04. The molecule has 0 amide bonds. The van der Waals surface area contributed by atoms with Gasteiger partial charge in [-0.15, -0.1) is 0 Å². The molecule has 1 heteroatoms. The Morgan fingerprint density at radius 3 is 3.00 bits per heavy atom. The molecule has 1 aromatic rings. The van der Waals surface area contributed by atoms with E-state index in [1.807, 2.05) is 18.3 Å². The number of allylic oxidation sites excluding steroid dienone is 1. The van der Waals surface area contributed by atoms with Crippen LogP contribution >= 0.6 is 0 Å². The fourth-order valence-electron chi connectivity index (χ4n) is 1.08. The third-order valence-electron chi connectivity index (χ3n) is 1.88. The maximum absolute atomic E-state index is 4.02. The van der Waals surface area contributed by atoms with E-state index < -0.39 is 0 Å². The summed E-state index contributed by atoms with van der Waals surface area (Å²) < 4.78 is 0. The van der Waals surface area contributed by atoms with Crippen molar-refractivity contribution in [2.75, 3.05) is 0 Å². The molecule has 0 aromatic carbocycles. The first-order chi connectivity index (χ1) is 5.79. The average molecular weight is 159 g/mol. The largest absolute Gasteiger partial charge is 0.264 e. The second-order valence-electron chi connectivity index (χ2n) is 2.62. The predicted octanol–water partition coefficient (Wildman–Crippen LogP) is 3.15. The molecule has 0 saturated heterocycles. The van der Waals surface area contributed by atoms with Crippen molar-refractivity contribution < 1.29 is 0 Å². The van der Waals surface area contributed by atoms with Crippen LogP contribution in [0.5, 0.6) is 0 Å². The second-order valence-corrected chi connectivity index (χ2v) is 2.62. The lowest BCUT2D eigenvalue weighted by Crippen LogP contribution is -1.87. The van der Waals surface area contributed by atoms with Crippen molar-refractivity contribution in [2.45, 2.75) is 13.3 Å². The van der Waals surface area contributed by atoms with Crippen LogP contribution in [0.25, 0.3) is 11.6 Å².